The Labute approximate surface area is 140 Å². The van der Waals surface area contributed by atoms with Gasteiger partial charge in [0.05, 0.1) is 19.3 Å². The van der Waals surface area contributed by atoms with Gasteiger partial charge < -0.3 is 9.47 Å². The predicted molar refractivity (Wildman–Crippen MR) is 87.9 cm³/mol. The second kappa shape index (κ2) is 8.06. The highest BCUT2D eigenvalue weighted by Crippen LogP contribution is 2.24. The molecule has 5 heteroatoms. The molecule has 0 fully saturated rings. The number of esters is 2. The molecule has 0 bridgehead atoms. The number of methoxy groups -OCH3 is 1. The summed E-state index contributed by atoms with van der Waals surface area (Å²) in [4.78, 5) is 36.8. The van der Waals surface area contributed by atoms with E-state index in [1.807, 2.05) is 0 Å². The Hall–Kier alpha value is -2.95. The number of hydrogen-bond acceptors (Lipinski definition) is 5. The van der Waals surface area contributed by atoms with Crippen molar-refractivity contribution in [2.24, 2.45) is 0 Å². The van der Waals surface area contributed by atoms with Gasteiger partial charge >= 0.3 is 11.9 Å². The fraction of sp³-hybridized carbons (Fsp3) is 0.211. The predicted octanol–water partition coefficient (Wildman–Crippen LogP) is 3.00. The van der Waals surface area contributed by atoms with Gasteiger partial charge in [-0.05, 0) is 24.6 Å². The quantitative estimate of drug-likeness (QED) is 0.464. The number of carbonyl (C=O) groups is 3. The van der Waals surface area contributed by atoms with E-state index in [9.17, 15) is 14.4 Å². The van der Waals surface area contributed by atoms with Crippen molar-refractivity contribution in [3.63, 3.8) is 0 Å². The number of hydrogen-bond donors (Lipinski definition) is 0. The molecule has 5 nitrogen and oxygen atoms in total. The van der Waals surface area contributed by atoms with Crippen molar-refractivity contribution in [2.75, 3.05) is 13.7 Å². The van der Waals surface area contributed by atoms with Crippen LogP contribution in [0.25, 0.3) is 0 Å². The SMILES string of the molecule is CCOC(=O)C(C(=O)c1ccccc1)c1cccc(C(=O)OC)c1. The summed E-state index contributed by atoms with van der Waals surface area (Å²) in [5, 5.41) is 0. The second-order valence-electron chi connectivity index (χ2n) is 5.03. The molecule has 0 saturated carbocycles. The van der Waals surface area contributed by atoms with Crippen LogP contribution >= 0.6 is 0 Å². The van der Waals surface area contributed by atoms with E-state index in [2.05, 4.69) is 4.74 Å². The van der Waals surface area contributed by atoms with E-state index in [-0.39, 0.29) is 18.0 Å². The third-order valence-corrected chi connectivity index (χ3v) is 3.48. The summed E-state index contributed by atoms with van der Waals surface area (Å²) in [6, 6.07) is 14.8. The molecule has 24 heavy (non-hydrogen) atoms. The van der Waals surface area contributed by atoms with Gasteiger partial charge in [0.15, 0.2) is 5.78 Å². The summed E-state index contributed by atoms with van der Waals surface area (Å²) >= 11 is 0. The van der Waals surface area contributed by atoms with Crippen LogP contribution < -0.4 is 0 Å². The molecule has 0 amide bonds. The molecule has 0 spiro atoms. The minimum atomic E-state index is -1.13. The van der Waals surface area contributed by atoms with Gasteiger partial charge in [0.25, 0.3) is 0 Å². The number of carbonyl (C=O) groups excluding carboxylic acids is 3. The van der Waals surface area contributed by atoms with Crippen molar-refractivity contribution in [1.29, 1.82) is 0 Å². The Kier molecular flexibility index (Phi) is 5.84. The van der Waals surface area contributed by atoms with Crippen molar-refractivity contribution < 1.29 is 23.9 Å². The molecule has 0 aliphatic heterocycles. The van der Waals surface area contributed by atoms with Gasteiger partial charge in [-0.2, -0.15) is 0 Å². The van der Waals surface area contributed by atoms with Crippen LogP contribution in [0.4, 0.5) is 0 Å². The number of ether oxygens (including phenoxy) is 2. The lowest BCUT2D eigenvalue weighted by atomic mass is 9.89. The van der Waals surface area contributed by atoms with Crippen LogP contribution in [0.1, 0.15) is 39.1 Å². The van der Waals surface area contributed by atoms with Crippen LogP contribution in [0.15, 0.2) is 54.6 Å². The Morgan fingerprint density at radius 2 is 1.62 bits per heavy atom. The lowest BCUT2D eigenvalue weighted by Crippen LogP contribution is -2.24. The first-order valence-corrected chi connectivity index (χ1v) is 7.52. The van der Waals surface area contributed by atoms with E-state index in [0.29, 0.717) is 11.1 Å². The molecule has 0 N–H and O–H groups in total. The number of benzene rings is 2. The van der Waals surface area contributed by atoms with Crippen LogP contribution in [0.3, 0.4) is 0 Å². The van der Waals surface area contributed by atoms with E-state index >= 15 is 0 Å². The average molecular weight is 326 g/mol. The summed E-state index contributed by atoms with van der Waals surface area (Å²) in [6.07, 6.45) is 0. The van der Waals surface area contributed by atoms with Crippen LogP contribution in [-0.4, -0.2) is 31.4 Å². The molecule has 2 aromatic carbocycles. The fourth-order valence-electron chi connectivity index (χ4n) is 2.35. The highest BCUT2D eigenvalue weighted by molar-refractivity contribution is 6.13. The summed E-state index contributed by atoms with van der Waals surface area (Å²) < 4.78 is 9.74. The molecule has 1 unspecified atom stereocenters. The lowest BCUT2D eigenvalue weighted by Gasteiger charge is -2.16. The van der Waals surface area contributed by atoms with Gasteiger partial charge in [0.2, 0.25) is 0 Å². The normalized spacial score (nSPS) is 11.4. The smallest absolute Gasteiger partial charge is 0.337 e. The van der Waals surface area contributed by atoms with Gasteiger partial charge in [-0.3, -0.25) is 9.59 Å². The van der Waals surface area contributed by atoms with E-state index in [1.165, 1.54) is 13.2 Å². The largest absolute Gasteiger partial charge is 0.465 e. The zero-order valence-corrected chi connectivity index (χ0v) is 13.5. The first-order valence-electron chi connectivity index (χ1n) is 7.52. The minimum absolute atomic E-state index is 0.161. The average Bonchev–Trinajstić information content (AvgIpc) is 2.62. The minimum Gasteiger partial charge on any atom is -0.465 e. The lowest BCUT2D eigenvalue weighted by molar-refractivity contribution is -0.143. The Morgan fingerprint density at radius 3 is 2.25 bits per heavy atom. The number of ketones is 1. The zero-order valence-electron chi connectivity index (χ0n) is 13.5. The monoisotopic (exact) mass is 326 g/mol. The maximum absolute atomic E-state index is 12.8. The standard InChI is InChI=1S/C19H18O5/c1-3-24-19(22)16(17(20)13-8-5-4-6-9-13)14-10-7-11-15(12-14)18(21)23-2/h4-12,16H,3H2,1-2H3. The van der Waals surface area contributed by atoms with Crippen LogP contribution in [-0.2, 0) is 14.3 Å². The fourth-order valence-corrected chi connectivity index (χ4v) is 2.35. The molecule has 0 aliphatic carbocycles. The first kappa shape index (κ1) is 17.4. The first-order chi connectivity index (χ1) is 11.6. The number of rotatable bonds is 6. The zero-order chi connectivity index (χ0) is 17.5. The Bertz CT molecular complexity index is 736. The third kappa shape index (κ3) is 3.87. The molecular weight excluding hydrogens is 308 g/mol. The van der Waals surface area contributed by atoms with Crippen molar-refractivity contribution >= 4 is 17.7 Å². The van der Waals surface area contributed by atoms with Gasteiger partial charge in [-0.25, -0.2) is 4.79 Å². The summed E-state index contributed by atoms with van der Waals surface area (Å²) in [5.74, 6) is -2.69. The molecule has 0 aromatic heterocycles. The van der Waals surface area contributed by atoms with Crippen LogP contribution in [0.2, 0.25) is 0 Å². The second-order valence-corrected chi connectivity index (χ2v) is 5.03. The van der Waals surface area contributed by atoms with E-state index in [0.717, 1.165) is 0 Å². The molecule has 1 atom stereocenters. The summed E-state index contributed by atoms with van der Waals surface area (Å²) in [7, 11) is 1.27. The topological polar surface area (TPSA) is 69.7 Å². The molecule has 2 rings (SSSR count). The van der Waals surface area contributed by atoms with Crippen molar-refractivity contribution in [3.8, 4) is 0 Å². The van der Waals surface area contributed by atoms with Crippen molar-refractivity contribution in [2.45, 2.75) is 12.8 Å². The molecule has 124 valence electrons. The van der Waals surface area contributed by atoms with Gasteiger partial charge in [-0.15, -0.1) is 0 Å². The molecule has 0 radical (unpaired) electrons. The highest BCUT2D eigenvalue weighted by Gasteiger charge is 2.31. The third-order valence-electron chi connectivity index (χ3n) is 3.48. The Balaban J connectivity index is 2.45. The maximum Gasteiger partial charge on any atom is 0.337 e. The number of Topliss-reactive ketones (excluding diaryl/α,β-unsaturated/α-hetero) is 1. The van der Waals surface area contributed by atoms with Gasteiger partial charge in [0.1, 0.15) is 5.92 Å². The van der Waals surface area contributed by atoms with Gasteiger partial charge in [0, 0.05) is 5.56 Å². The molecular formula is C19H18O5. The van der Waals surface area contributed by atoms with Crippen LogP contribution in [0.5, 0.6) is 0 Å². The highest BCUT2D eigenvalue weighted by atomic mass is 16.5. The molecule has 0 aliphatic rings. The molecule has 0 heterocycles. The van der Waals surface area contributed by atoms with Crippen LogP contribution in [0, 0.1) is 0 Å². The van der Waals surface area contributed by atoms with E-state index < -0.39 is 17.9 Å². The van der Waals surface area contributed by atoms with Crippen molar-refractivity contribution in [1.82, 2.24) is 0 Å². The summed E-state index contributed by atoms with van der Waals surface area (Å²) in [5.41, 5.74) is 1.06. The summed E-state index contributed by atoms with van der Waals surface area (Å²) in [6.45, 7) is 1.83. The molecule has 2 aromatic rings. The van der Waals surface area contributed by atoms with Crippen molar-refractivity contribution in [3.05, 3.63) is 71.3 Å². The van der Waals surface area contributed by atoms with E-state index in [1.54, 1.807) is 55.5 Å². The van der Waals surface area contributed by atoms with Gasteiger partial charge in [-0.1, -0.05) is 42.5 Å². The van der Waals surface area contributed by atoms with E-state index in [4.69, 9.17) is 4.74 Å². The Morgan fingerprint density at radius 1 is 0.958 bits per heavy atom. The molecule has 0 saturated heterocycles. The maximum atomic E-state index is 12.8.